The molecule has 1 fully saturated rings. The highest BCUT2D eigenvalue weighted by Crippen LogP contribution is 2.31. The molecule has 1 atom stereocenters. The Kier molecular flexibility index (Phi) is 6.94. The van der Waals surface area contributed by atoms with Crippen molar-refractivity contribution in [1.82, 2.24) is 30.1 Å². The van der Waals surface area contributed by atoms with E-state index in [1.807, 2.05) is 29.8 Å². The largest absolute Gasteiger partial charge is 0.369 e. The summed E-state index contributed by atoms with van der Waals surface area (Å²) in [6.45, 7) is 12.2. The number of tetrazole rings is 1. The summed E-state index contributed by atoms with van der Waals surface area (Å²) in [5.74, 6) is 0.680. The van der Waals surface area contributed by atoms with Gasteiger partial charge in [0.25, 0.3) is 5.56 Å². The van der Waals surface area contributed by atoms with Crippen molar-refractivity contribution in [2.75, 3.05) is 31.1 Å². The van der Waals surface area contributed by atoms with Gasteiger partial charge in [-0.15, -0.1) is 5.10 Å². The topological polar surface area (TPSA) is 82.9 Å². The molecule has 3 aromatic carbocycles. The van der Waals surface area contributed by atoms with Crippen molar-refractivity contribution >= 4 is 16.6 Å². The minimum Gasteiger partial charge on any atom is -0.369 e. The first-order chi connectivity index (χ1) is 19.4. The Morgan fingerprint density at radius 3 is 2.35 bits per heavy atom. The van der Waals surface area contributed by atoms with Gasteiger partial charge in [0.15, 0.2) is 5.82 Å². The first-order valence-corrected chi connectivity index (χ1v) is 13.9. The number of nitrogens with one attached hydrogen (secondary N) is 1. The lowest BCUT2D eigenvalue weighted by Gasteiger charge is -2.40. The molecule has 0 amide bonds. The van der Waals surface area contributed by atoms with Crippen LogP contribution in [-0.4, -0.2) is 56.3 Å². The van der Waals surface area contributed by atoms with Gasteiger partial charge in [-0.2, -0.15) is 0 Å². The van der Waals surface area contributed by atoms with E-state index in [1.54, 1.807) is 0 Å². The Labute approximate surface area is 234 Å². The van der Waals surface area contributed by atoms with Crippen LogP contribution in [-0.2, 0) is 6.54 Å². The summed E-state index contributed by atoms with van der Waals surface area (Å²) in [7, 11) is 0. The highest BCUT2D eigenvalue weighted by atomic mass is 16.1. The summed E-state index contributed by atoms with van der Waals surface area (Å²) in [6, 6.07) is 22.6. The zero-order valence-electron chi connectivity index (χ0n) is 23.6. The number of aromatic amines is 1. The zero-order chi connectivity index (χ0) is 27.8. The second-order valence-corrected chi connectivity index (χ2v) is 10.9. The summed E-state index contributed by atoms with van der Waals surface area (Å²) in [6.07, 6.45) is 0. The van der Waals surface area contributed by atoms with Gasteiger partial charge in [-0.1, -0.05) is 54.6 Å². The van der Waals surface area contributed by atoms with E-state index in [0.29, 0.717) is 17.9 Å². The van der Waals surface area contributed by atoms with Crippen LogP contribution in [0.1, 0.15) is 45.2 Å². The lowest BCUT2D eigenvalue weighted by Crippen LogP contribution is -2.49. The Morgan fingerprint density at radius 1 is 0.850 bits per heavy atom. The second kappa shape index (κ2) is 10.7. The highest BCUT2D eigenvalue weighted by molar-refractivity contribution is 5.85. The normalized spacial score (nSPS) is 15.1. The van der Waals surface area contributed by atoms with Gasteiger partial charge in [-0.3, -0.25) is 9.69 Å². The van der Waals surface area contributed by atoms with Crippen LogP contribution in [0.3, 0.4) is 0 Å². The summed E-state index contributed by atoms with van der Waals surface area (Å²) < 4.78 is 1.84. The van der Waals surface area contributed by atoms with Crippen LogP contribution in [0.4, 0.5) is 5.69 Å². The number of rotatable bonds is 6. The van der Waals surface area contributed by atoms with Gasteiger partial charge in [0.1, 0.15) is 6.04 Å². The van der Waals surface area contributed by atoms with Crippen LogP contribution in [0.25, 0.3) is 10.9 Å². The molecular formula is C32H35N7O. The van der Waals surface area contributed by atoms with Gasteiger partial charge in [0.05, 0.1) is 12.1 Å². The number of piperazine rings is 1. The molecule has 0 spiro atoms. The molecule has 0 unspecified atom stereocenters. The number of benzene rings is 3. The number of H-pyrrole nitrogens is 1. The van der Waals surface area contributed by atoms with E-state index < -0.39 is 0 Å². The van der Waals surface area contributed by atoms with Gasteiger partial charge >= 0.3 is 0 Å². The zero-order valence-corrected chi connectivity index (χ0v) is 23.6. The fourth-order valence-electron chi connectivity index (χ4n) is 5.85. The van der Waals surface area contributed by atoms with Crippen LogP contribution in [0.15, 0.2) is 71.5 Å². The predicted octanol–water partition coefficient (Wildman–Crippen LogP) is 4.71. The van der Waals surface area contributed by atoms with Crippen molar-refractivity contribution in [3.8, 4) is 0 Å². The van der Waals surface area contributed by atoms with Crippen LogP contribution in [0.2, 0.25) is 0 Å². The second-order valence-electron chi connectivity index (χ2n) is 10.9. The van der Waals surface area contributed by atoms with Gasteiger partial charge < -0.3 is 9.88 Å². The summed E-state index contributed by atoms with van der Waals surface area (Å²) in [5, 5.41) is 14.0. The monoisotopic (exact) mass is 533 g/mol. The lowest BCUT2D eigenvalue weighted by atomic mass is 9.99. The summed E-state index contributed by atoms with van der Waals surface area (Å²) >= 11 is 0. The lowest BCUT2D eigenvalue weighted by molar-refractivity contribution is 0.200. The average molecular weight is 534 g/mol. The minimum atomic E-state index is -0.382. The van der Waals surface area contributed by atoms with Crippen molar-refractivity contribution in [3.05, 3.63) is 116 Å². The van der Waals surface area contributed by atoms with Crippen molar-refractivity contribution in [2.45, 2.75) is 40.3 Å². The molecule has 0 aliphatic carbocycles. The van der Waals surface area contributed by atoms with Crippen LogP contribution in [0.5, 0.6) is 0 Å². The van der Waals surface area contributed by atoms with Crippen LogP contribution in [0, 0.1) is 27.7 Å². The summed E-state index contributed by atoms with van der Waals surface area (Å²) in [4.78, 5) is 21.7. The van der Waals surface area contributed by atoms with E-state index in [1.165, 1.54) is 16.8 Å². The van der Waals surface area contributed by atoms with Crippen molar-refractivity contribution < 1.29 is 0 Å². The first kappa shape index (κ1) is 26.0. The minimum absolute atomic E-state index is 0.0996. The van der Waals surface area contributed by atoms with Crippen LogP contribution < -0.4 is 10.5 Å². The predicted molar refractivity (Wildman–Crippen MR) is 159 cm³/mol. The van der Waals surface area contributed by atoms with E-state index in [4.69, 9.17) is 0 Å². The van der Waals surface area contributed by atoms with Crippen molar-refractivity contribution in [2.24, 2.45) is 0 Å². The number of nitrogens with zero attached hydrogens (tertiary/aromatic N) is 6. The molecule has 204 valence electrons. The molecule has 0 bridgehead atoms. The molecule has 0 saturated carbocycles. The molecule has 8 heteroatoms. The fraction of sp³-hybridized carbons (Fsp3) is 0.312. The molecular weight excluding hydrogens is 498 g/mol. The van der Waals surface area contributed by atoms with E-state index >= 15 is 0 Å². The van der Waals surface area contributed by atoms with Gasteiger partial charge in [0, 0.05) is 42.8 Å². The van der Waals surface area contributed by atoms with Crippen molar-refractivity contribution in [3.63, 3.8) is 0 Å². The summed E-state index contributed by atoms with van der Waals surface area (Å²) in [5.41, 5.74) is 8.55. The third-order valence-corrected chi connectivity index (χ3v) is 8.13. The third-order valence-electron chi connectivity index (χ3n) is 8.13. The molecule has 1 saturated heterocycles. The van der Waals surface area contributed by atoms with E-state index in [2.05, 4.69) is 99.6 Å². The maximum absolute atomic E-state index is 13.7. The Morgan fingerprint density at radius 2 is 1.57 bits per heavy atom. The quantitative estimate of drug-likeness (QED) is 0.341. The molecule has 8 nitrogen and oxygen atoms in total. The molecule has 5 aromatic rings. The van der Waals surface area contributed by atoms with E-state index in [0.717, 1.165) is 53.8 Å². The fourth-order valence-corrected chi connectivity index (χ4v) is 5.85. The number of pyridine rings is 1. The van der Waals surface area contributed by atoms with Gasteiger partial charge in [-0.25, -0.2) is 4.68 Å². The van der Waals surface area contributed by atoms with Crippen LogP contribution >= 0.6 is 0 Å². The number of anilines is 1. The molecule has 0 radical (unpaired) electrons. The molecule has 40 heavy (non-hydrogen) atoms. The maximum Gasteiger partial charge on any atom is 0.253 e. The average Bonchev–Trinajstić information content (AvgIpc) is 3.41. The van der Waals surface area contributed by atoms with E-state index in [-0.39, 0.29) is 11.6 Å². The molecule has 6 rings (SSSR count). The third kappa shape index (κ3) is 4.91. The molecule has 1 N–H and O–H groups in total. The number of fused-ring (bicyclic) bond motifs is 1. The maximum atomic E-state index is 13.7. The molecule has 1 aliphatic heterocycles. The first-order valence-electron chi connectivity index (χ1n) is 13.9. The molecule has 1 aliphatic rings. The molecule has 2 aromatic heterocycles. The Bertz CT molecular complexity index is 1720. The Balaban J connectivity index is 1.41. The van der Waals surface area contributed by atoms with E-state index in [9.17, 15) is 4.79 Å². The van der Waals surface area contributed by atoms with Gasteiger partial charge in [-0.05, 0) is 78.1 Å². The number of aromatic nitrogens is 5. The SMILES string of the molecule is Cc1ccc(C)c(N2CCN([C@@H](c3cc4c(C)ccc(C)c4[nH]c3=O)c3nnnn3Cc3ccccc3)CC2)c1. The van der Waals surface area contributed by atoms with Gasteiger partial charge in [0.2, 0.25) is 0 Å². The van der Waals surface area contributed by atoms with Crippen molar-refractivity contribution in [1.29, 1.82) is 0 Å². The Hall–Kier alpha value is -4.30. The number of aryl methyl sites for hydroxylation is 4. The highest BCUT2D eigenvalue weighted by Gasteiger charge is 2.33. The standard InChI is InChI=1S/C32H35N7O/c1-21-10-11-23(3)28(18-21)37-14-16-38(17-15-37)30(31-34-35-36-39(31)20-25-8-6-5-7-9-25)27-19-26-22(2)12-13-24(4)29(26)33-32(27)40/h5-13,18-19,30H,14-17,20H2,1-4H3,(H,33,40)/t30-/m0/s1. The number of hydrogen-bond acceptors (Lipinski definition) is 6. The molecule has 3 heterocycles. The number of hydrogen-bond donors (Lipinski definition) is 1. The smallest absolute Gasteiger partial charge is 0.253 e.